The van der Waals surface area contributed by atoms with Crippen molar-refractivity contribution in [2.24, 2.45) is 11.8 Å². The van der Waals surface area contributed by atoms with Gasteiger partial charge >= 0.3 is 11.9 Å². The van der Waals surface area contributed by atoms with Crippen LogP contribution in [0.3, 0.4) is 0 Å². The highest BCUT2D eigenvalue weighted by atomic mass is 16.4. The molecule has 1 aliphatic rings. The van der Waals surface area contributed by atoms with E-state index in [1.54, 1.807) is 6.20 Å². The molecule has 1 aromatic heterocycles. The van der Waals surface area contributed by atoms with Crippen molar-refractivity contribution < 1.29 is 19.8 Å². The van der Waals surface area contributed by atoms with Crippen molar-refractivity contribution in [2.45, 2.75) is 26.4 Å². The fourth-order valence-corrected chi connectivity index (χ4v) is 2.63. The van der Waals surface area contributed by atoms with Gasteiger partial charge in [-0.05, 0) is 19.9 Å². The van der Waals surface area contributed by atoms with Crippen molar-refractivity contribution >= 4 is 11.9 Å². The molecule has 2 atom stereocenters. The molecule has 2 unspecified atom stereocenters. The molecule has 1 saturated heterocycles. The third kappa shape index (κ3) is 3.16. The molecule has 0 spiro atoms. The number of rotatable bonds is 5. The number of piperidine rings is 1. The summed E-state index contributed by atoms with van der Waals surface area (Å²) in [5.41, 5.74) is 1.02. The molecule has 1 aliphatic heterocycles. The number of hydrogen-bond donors (Lipinski definition) is 2. The first-order valence-electron chi connectivity index (χ1n) is 6.70. The van der Waals surface area contributed by atoms with E-state index < -0.39 is 23.8 Å². The number of nitrogens with zero attached hydrogens (tertiary/aromatic N) is 3. The predicted molar refractivity (Wildman–Crippen MR) is 70.0 cm³/mol. The van der Waals surface area contributed by atoms with Crippen LogP contribution in [0.5, 0.6) is 0 Å². The van der Waals surface area contributed by atoms with E-state index in [0.29, 0.717) is 19.5 Å². The van der Waals surface area contributed by atoms with E-state index >= 15 is 0 Å². The minimum absolute atomic E-state index is 0.267. The van der Waals surface area contributed by atoms with E-state index in [-0.39, 0.29) is 6.54 Å². The van der Waals surface area contributed by atoms with E-state index in [2.05, 4.69) is 5.10 Å². The molecule has 0 aromatic carbocycles. The highest BCUT2D eigenvalue weighted by Crippen LogP contribution is 2.25. The maximum Gasteiger partial charge on any atom is 0.308 e. The molecular formula is C13H19N3O4. The molecule has 110 valence electrons. The molecule has 1 fully saturated rings. The van der Waals surface area contributed by atoms with Gasteiger partial charge in [-0.3, -0.25) is 19.2 Å². The molecule has 2 N–H and O–H groups in total. The highest BCUT2D eigenvalue weighted by molar-refractivity contribution is 5.80. The molecular weight excluding hydrogens is 262 g/mol. The standard InChI is InChI=1S/C13H19N3O4/c1-2-16-7-9(5-14-16)6-15-4-3-10(12(17)18)11(8-15)13(19)20/h5,7,10-11H,2-4,6,8H2,1H3,(H,17,18)(H,19,20). The van der Waals surface area contributed by atoms with Crippen LogP contribution in [-0.2, 0) is 22.7 Å². The smallest absolute Gasteiger partial charge is 0.308 e. The Morgan fingerprint density at radius 3 is 2.60 bits per heavy atom. The third-order valence-electron chi connectivity index (χ3n) is 3.75. The quantitative estimate of drug-likeness (QED) is 0.816. The fraction of sp³-hybridized carbons (Fsp3) is 0.615. The van der Waals surface area contributed by atoms with Crippen LogP contribution >= 0.6 is 0 Å². The van der Waals surface area contributed by atoms with Gasteiger partial charge in [0.1, 0.15) is 0 Å². The summed E-state index contributed by atoms with van der Waals surface area (Å²) in [5, 5.41) is 22.4. The first-order valence-corrected chi connectivity index (χ1v) is 6.70. The Labute approximate surface area is 116 Å². The van der Waals surface area contributed by atoms with Crippen LogP contribution in [0, 0.1) is 11.8 Å². The van der Waals surface area contributed by atoms with Crippen LogP contribution in [0.4, 0.5) is 0 Å². The fourth-order valence-electron chi connectivity index (χ4n) is 2.63. The normalized spacial score (nSPS) is 23.6. The maximum atomic E-state index is 11.2. The number of carboxylic acids is 2. The molecule has 0 radical (unpaired) electrons. The van der Waals surface area contributed by atoms with E-state index in [4.69, 9.17) is 5.11 Å². The number of carbonyl (C=O) groups is 2. The first-order chi connectivity index (χ1) is 9.51. The second-order valence-electron chi connectivity index (χ2n) is 5.12. The molecule has 2 rings (SSSR count). The molecule has 0 bridgehead atoms. The second kappa shape index (κ2) is 6.04. The van der Waals surface area contributed by atoms with Gasteiger partial charge in [0.05, 0.1) is 18.0 Å². The molecule has 0 saturated carbocycles. The van der Waals surface area contributed by atoms with Crippen molar-refractivity contribution in [2.75, 3.05) is 13.1 Å². The lowest BCUT2D eigenvalue weighted by Crippen LogP contribution is -2.46. The van der Waals surface area contributed by atoms with Gasteiger partial charge < -0.3 is 10.2 Å². The van der Waals surface area contributed by atoms with Crippen LogP contribution in [0.15, 0.2) is 12.4 Å². The van der Waals surface area contributed by atoms with Crippen LogP contribution in [0.25, 0.3) is 0 Å². The zero-order valence-corrected chi connectivity index (χ0v) is 11.4. The van der Waals surface area contributed by atoms with Crippen molar-refractivity contribution in [3.63, 3.8) is 0 Å². The van der Waals surface area contributed by atoms with Gasteiger partial charge in [-0.2, -0.15) is 5.10 Å². The van der Waals surface area contributed by atoms with Crippen LogP contribution in [-0.4, -0.2) is 49.9 Å². The maximum absolute atomic E-state index is 11.2. The lowest BCUT2D eigenvalue weighted by atomic mass is 9.85. The molecule has 0 aliphatic carbocycles. The number of aliphatic carboxylic acids is 2. The Balaban J connectivity index is 2.01. The highest BCUT2D eigenvalue weighted by Gasteiger charge is 2.38. The lowest BCUT2D eigenvalue weighted by Gasteiger charge is -2.34. The monoisotopic (exact) mass is 281 g/mol. The van der Waals surface area contributed by atoms with Crippen LogP contribution in [0.1, 0.15) is 18.9 Å². The number of hydrogen-bond acceptors (Lipinski definition) is 4. The number of aromatic nitrogens is 2. The molecule has 7 nitrogen and oxygen atoms in total. The summed E-state index contributed by atoms with van der Waals surface area (Å²) in [6, 6.07) is 0. The van der Waals surface area contributed by atoms with Crippen molar-refractivity contribution in [3.05, 3.63) is 18.0 Å². The van der Waals surface area contributed by atoms with Gasteiger partial charge in [0.15, 0.2) is 0 Å². The van der Waals surface area contributed by atoms with Crippen LogP contribution in [0.2, 0.25) is 0 Å². The first kappa shape index (κ1) is 14.5. The van der Waals surface area contributed by atoms with Gasteiger partial charge in [-0.1, -0.05) is 0 Å². The van der Waals surface area contributed by atoms with Gasteiger partial charge in [-0.25, -0.2) is 0 Å². The van der Waals surface area contributed by atoms with Crippen molar-refractivity contribution in [1.82, 2.24) is 14.7 Å². The topological polar surface area (TPSA) is 95.7 Å². The SMILES string of the molecule is CCn1cc(CN2CCC(C(=O)O)C(C(=O)O)C2)cn1. The Kier molecular flexibility index (Phi) is 4.39. The minimum atomic E-state index is -1.04. The van der Waals surface area contributed by atoms with E-state index in [9.17, 15) is 14.7 Å². The Hall–Kier alpha value is -1.89. The van der Waals surface area contributed by atoms with Crippen molar-refractivity contribution in [3.8, 4) is 0 Å². The Morgan fingerprint density at radius 2 is 2.05 bits per heavy atom. The molecule has 1 aromatic rings. The Bertz CT molecular complexity index is 500. The molecule has 7 heteroatoms. The summed E-state index contributed by atoms with van der Waals surface area (Å²) >= 11 is 0. The van der Waals surface area contributed by atoms with Gasteiger partial charge in [-0.15, -0.1) is 0 Å². The lowest BCUT2D eigenvalue weighted by molar-refractivity contribution is -0.157. The summed E-state index contributed by atoms with van der Waals surface area (Å²) in [6.45, 7) is 4.26. The minimum Gasteiger partial charge on any atom is -0.481 e. The van der Waals surface area contributed by atoms with Gasteiger partial charge in [0.25, 0.3) is 0 Å². The number of carboxylic acid groups (broad SMARTS) is 2. The average Bonchev–Trinajstić information content (AvgIpc) is 2.86. The largest absolute Gasteiger partial charge is 0.481 e. The van der Waals surface area contributed by atoms with E-state index in [1.807, 2.05) is 22.7 Å². The van der Waals surface area contributed by atoms with Crippen LogP contribution < -0.4 is 0 Å². The molecule has 20 heavy (non-hydrogen) atoms. The summed E-state index contributed by atoms with van der Waals surface area (Å²) in [6.07, 6.45) is 4.07. The van der Waals surface area contributed by atoms with E-state index in [0.717, 1.165) is 12.1 Å². The summed E-state index contributed by atoms with van der Waals surface area (Å²) in [5.74, 6) is -3.69. The number of likely N-dealkylation sites (tertiary alicyclic amines) is 1. The summed E-state index contributed by atoms with van der Waals surface area (Å²) < 4.78 is 1.81. The summed E-state index contributed by atoms with van der Waals surface area (Å²) in [7, 11) is 0. The van der Waals surface area contributed by atoms with E-state index in [1.165, 1.54) is 0 Å². The third-order valence-corrected chi connectivity index (χ3v) is 3.75. The van der Waals surface area contributed by atoms with Crippen molar-refractivity contribution in [1.29, 1.82) is 0 Å². The molecule has 2 heterocycles. The molecule has 0 amide bonds. The zero-order chi connectivity index (χ0) is 14.7. The van der Waals surface area contributed by atoms with Gasteiger partial charge in [0.2, 0.25) is 0 Å². The average molecular weight is 281 g/mol. The second-order valence-corrected chi connectivity index (χ2v) is 5.12. The van der Waals surface area contributed by atoms with Gasteiger partial charge in [0, 0.05) is 31.4 Å². The zero-order valence-electron chi connectivity index (χ0n) is 11.4. The number of aryl methyl sites for hydroxylation is 1. The Morgan fingerprint density at radius 1 is 1.35 bits per heavy atom. The predicted octanol–water partition coefficient (Wildman–Crippen LogP) is 0.510. The summed E-state index contributed by atoms with van der Waals surface area (Å²) in [4.78, 5) is 24.3.